The summed E-state index contributed by atoms with van der Waals surface area (Å²) in [6.45, 7) is 6.26. The van der Waals surface area contributed by atoms with Crippen molar-refractivity contribution in [2.75, 3.05) is 18.2 Å². The lowest BCUT2D eigenvalue weighted by Crippen LogP contribution is -2.31. The number of sulfone groups is 1. The molecule has 1 fully saturated rings. The summed E-state index contributed by atoms with van der Waals surface area (Å²) in [7, 11) is -2.99. The predicted octanol–water partition coefficient (Wildman–Crippen LogP) is 0.637. The summed E-state index contributed by atoms with van der Waals surface area (Å²) >= 11 is 0. The van der Waals surface area contributed by atoms with Gasteiger partial charge in [0.15, 0.2) is 9.84 Å². The van der Waals surface area contributed by atoms with Crippen LogP contribution in [0, 0.1) is 5.41 Å². The Morgan fingerprint density at radius 2 is 1.93 bits per heavy atom. The first kappa shape index (κ1) is 11.5. The maximum atomic E-state index is 11.6. The first-order valence-corrected chi connectivity index (χ1v) is 6.50. The minimum absolute atomic E-state index is 0.0569. The molecule has 82 valence electrons. The lowest BCUT2D eigenvalue weighted by atomic mass is 9.92. The Balaban J connectivity index is 2.57. The standard InChI is InChI=1S/C9H17NO3S/c1-9(2,3)6-8(11)10-4-5-14(12,13)7-10/h4-7H2,1-3H3. The van der Waals surface area contributed by atoms with Crippen molar-refractivity contribution in [3.8, 4) is 0 Å². The summed E-state index contributed by atoms with van der Waals surface area (Å²) in [5.74, 6) is -0.0382. The second-order valence-corrected chi connectivity index (χ2v) is 7.12. The van der Waals surface area contributed by atoms with E-state index in [1.807, 2.05) is 20.8 Å². The first-order valence-electron chi connectivity index (χ1n) is 4.68. The molecule has 0 aliphatic carbocycles. The number of carbonyl (C=O) groups excluding carboxylic acids is 1. The van der Waals surface area contributed by atoms with Crippen molar-refractivity contribution in [2.24, 2.45) is 5.41 Å². The molecule has 0 aromatic carbocycles. The van der Waals surface area contributed by atoms with E-state index >= 15 is 0 Å². The van der Waals surface area contributed by atoms with Gasteiger partial charge in [-0.15, -0.1) is 0 Å². The molecule has 1 amide bonds. The second kappa shape index (κ2) is 3.53. The molecule has 0 aromatic rings. The van der Waals surface area contributed by atoms with E-state index in [9.17, 15) is 13.2 Å². The smallest absolute Gasteiger partial charge is 0.223 e. The van der Waals surface area contributed by atoms with Crippen molar-refractivity contribution >= 4 is 15.7 Å². The Bertz CT molecular complexity index is 326. The molecule has 1 aliphatic rings. The molecule has 0 bridgehead atoms. The average molecular weight is 219 g/mol. The van der Waals surface area contributed by atoms with E-state index in [2.05, 4.69) is 0 Å². The third-order valence-corrected chi connectivity index (χ3v) is 3.57. The molecule has 0 unspecified atom stereocenters. The topological polar surface area (TPSA) is 54.5 Å². The molecule has 1 saturated heterocycles. The second-order valence-electron chi connectivity index (χ2n) is 4.97. The monoisotopic (exact) mass is 219 g/mol. The Morgan fingerprint density at radius 1 is 1.36 bits per heavy atom. The highest BCUT2D eigenvalue weighted by Crippen LogP contribution is 2.21. The molecule has 1 rings (SSSR count). The van der Waals surface area contributed by atoms with E-state index in [0.29, 0.717) is 13.0 Å². The zero-order chi connectivity index (χ0) is 11.0. The number of carbonyl (C=O) groups is 1. The van der Waals surface area contributed by atoms with Gasteiger partial charge in [0.1, 0.15) is 5.88 Å². The molecule has 0 saturated carbocycles. The summed E-state index contributed by atoms with van der Waals surface area (Å²) in [6.07, 6.45) is 0.405. The minimum atomic E-state index is -2.99. The van der Waals surface area contributed by atoms with Crippen molar-refractivity contribution in [3.63, 3.8) is 0 Å². The highest BCUT2D eigenvalue weighted by Gasteiger charge is 2.30. The van der Waals surface area contributed by atoms with Gasteiger partial charge in [0.2, 0.25) is 5.91 Å². The molecule has 0 spiro atoms. The number of hydrogen-bond donors (Lipinski definition) is 0. The van der Waals surface area contributed by atoms with Crippen LogP contribution in [-0.4, -0.2) is 37.4 Å². The lowest BCUT2D eigenvalue weighted by molar-refractivity contribution is -0.131. The summed E-state index contributed by atoms with van der Waals surface area (Å²) in [5, 5.41) is 0. The quantitative estimate of drug-likeness (QED) is 0.650. The van der Waals surface area contributed by atoms with Crippen LogP contribution < -0.4 is 0 Å². The maximum Gasteiger partial charge on any atom is 0.223 e. The van der Waals surface area contributed by atoms with Gasteiger partial charge in [-0.2, -0.15) is 0 Å². The molecule has 5 heteroatoms. The van der Waals surface area contributed by atoms with Gasteiger partial charge < -0.3 is 4.90 Å². The fourth-order valence-electron chi connectivity index (χ4n) is 1.38. The zero-order valence-corrected chi connectivity index (χ0v) is 9.73. The molecule has 0 aromatic heterocycles. The summed E-state index contributed by atoms with van der Waals surface area (Å²) < 4.78 is 22.2. The Hall–Kier alpha value is -0.580. The fourth-order valence-corrected chi connectivity index (χ4v) is 2.75. The van der Waals surface area contributed by atoms with Crippen LogP contribution in [0.4, 0.5) is 0 Å². The van der Waals surface area contributed by atoms with Crippen molar-refractivity contribution in [3.05, 3.63) is 0 Å². The van der Waals surface area contributed by atoms with Crippen LogP contribution in [-0.2, 0) is 14.6 Å². The van der Waals surface area contributed by atoms with Crippen LogP contribution in [0.1, 0.15) is 27.2 Å². The Labute approximate surface area is 85.2 Å². The van der Waals surface area contributed by atoms with E-state index in [-0.39, 0.29) is 23.0 Å². The van der Waals surface area contributed by atoms with Gasteiger partial charge in [0, 0.05) is 13.0 Å². The maximum absolute atomic E-state index is 11.6. The molecule has 0 N–H and O–H groups in total. The van der Waals surface area contributed by atoms with Crippen LogP contribution in [0.3, 0.4) is 0 Å². The highest BCUT2D eigenvalue weighted by molar-refractivity contribution is 7.91. The molecule has 0 radical (unpaired) electrons. The van der Waals surface area contributed by atoms with E-state index in [1.165, 1.54) is 4.90 Å². The van der Waals surface area contributed by atoms with E-state index in [1.54, 1.807) is 0 Å². The summed E-state index contributed by atoms with van der Waals surface area (Å²) in [5.41, 5.74) is -0.0799. The van der Waals surface area contributed by atoms with Gasteiger partial charge in [0.05, 0.1) is 5.75 Å². The Kier molecular flexibility index (Phi) is 2.90. The predicted molar refractivity (Wildman–Crippen MR) is 54.4 cm³/mol. The van der Waals surface area contributed by atoms with Gasteiger partial charge in [-0.25, -0.2) is 8.42 Å². The third-order valence-electron chi connectivity index (χ3n) is 2.06. The van der Waals surface area contributed by atoms with Crippen LogP contribution in [0.2, 0.25) is 0 Å². The van der Waals surface area contributed by atoms with Crippen molar-refractivity contribution in [1.29, 1.82) is 0 Å². The molecule has 4 nitrogen and oxygen atoms in total. The minimum Gasteiger partial charge on any atom is -0.327 e. The molecule has 1 heterocycles. The lowest BCUT2D eigenvalue weighted by Gasteiger charge is -2.21. The van der Waals surface area contributed by atoms with Gasteiger partial charge in [0.25, 0.3) is 0 Å². The van der Waals surface area contributed by atoms with Gasteiger partial charge in [-0.1, -0.05) is 20.8 Å². The van der Waals surface area contributed by atoms with Gasteiger partial charge >= 0.3 is 0 Å². The normalized spacial score (nSPS) is 21.2. The van der Waals surface area contributed by atoms with Crippen LogP contribution >= 0.6 is 0 Å². The molecular weight excluding hydrogens is 202 g/mol. The van der Waals surface area contributed by atoms with Crippen molar-refractivity contribution in [1.82, 2.24) is 4.90 Å². The van der Waals surface area contributed by atoms with Gasteiger partial charge in [-0.3, -0.25) is 4.79 Å². The summed E-state index contributed by atoms with van der Waals surface area (Å²) in [6, 6.07) is 0. The van der Waals surface area contributed by atoms with Crippen molar-refractivity contribution < 1.29 is 13.2 Å². The molecular formula is C9H17NO3S. The first-order chi connectivity index (χ1) is 6.20. The average Bonchev–Trinajstić information content (AvgIpc) is 2.26. The van der Waals surface area contributed by atoms with E-state index < -0.39 is 9.84 Å². The van der Waals surface area contributed by atoms with Crippen molar-refractivity contribution in [2.45, 2.75) is 27.2 Å². The van der Waals surface area contributed by atoms with Gasteiger partial charge in [-0.05, 0) is 5.41 Å². The third kappa shape index (κ3) is 3.29. The number of rotatable bonds is 1. The van der Waals surface area contributed by atoms with E-state index in [4.69, 9.17) is 0 Å². The molecule has 0 atom stereocenters. The SMILES string of the molecule is CC(C)(C)CC(=O)N1CCS(=O)(=O)C1. The number of amides is 1. The van der Waals surface area contributed by atoms with E-state index in [0.717, 1.165) is 0 Å². The molecule has 14 heavy (non-hydrogen) atoms. The fraction of sp³-hybridized carbons (Fsp3) is 0.889. The zero-order valence-electron chi connectivity index (χ0n) is 8.91. The molecule has 1 aliphatic heterocycles. The van der Waals surface area contributed by atoms with Crippen LogP contribution in [0.5, 0.6) is 0 Å². The number of hydrogen-bond acceptors (Lipinski definition) is 3. The Morgan fingerprint density at radius 3 is 2.29 bits per heavy atom. The van der Waals surface area contributed by atoms with Crippen LogP contribution in [0.15, 0.2) is 0 Å². The summed E-state index contributed by atoms with van der Waals surface area (Å²) in [4.78, 5) is 13.0. The highest BCUT2D eigenvalue weighted by atomic mass is 32.2. The largest absolute Gasteiger partial charge is 0.327 e. The van der Waals surface area contributed by atoms with Crippen LogP contribution in [0.25, 0.3) is 0 Å². The number of nitrogens with zero attached hydrogens (tertiary/aromatic N) is 1.